The number of carbonyl (C=O) groups excluding carboxylic acids is 2. The number of allylic oxidation sites excluding steroid dienone is 1. The number of fused-ring (bicyclic) bond motifs is 1. The van der Waals surface area contributed by atoms with E-state index in [1.807, 2.05) is 39.8 Å². The van der Waals surface area contributed by atoms with Crippen LogP contribution in [0.4, 0.5) is 5.95 Å². The van der Waals surface area contributed by atoms with Gasteiger partial charge in [0.2, 0.25) is 5.95 Å². The topological polar surface area (TPSA) is 126 Å². The summed E-state index contributed by atoms with van der Waals surface area (Å²) in [5.74, 6) is -0.107. The van der Waals surface area contributed by atoms with E-state index in [9.17, 15) is 9.59 Å². The molecule has 0 saturated carbocycles. The Labute approximate surface area is 193 Å². The van der Waals surface area contributed by atoms with Gasteiger partial charge in [0, 0.05) is 19.6 Å². The maximum Gasteiger partial charge on any atom is 0.338 e. The average molecular weight is 457 g/mol. The normalized spacial score (nSPS) is 10.8. The summed E-state index contributed by atoms with van der Waals surface area (Å²) in [6, 6.07) is 4.90. The summed E-state index contributed by atoms with van der Waals surface area (Å²) in [5, 5.41) is 7.18. The first kappa shape index (κ1) is 25.6. The third-order valence-electron chi connectivity index (χ3n) is 4.70. The smallest absolute Gasteiger partial charge is 0.338 e. The molecule has 1 amide bonds. The molecular weight excluding hydrogens is 424 g/mol. The second-order valence-corrected chi connectivity index (χ2v) is 6.73. The molecule has 2 heterocycles. The lowest BCUT2D eigenvalue weighted by Gasteiger charge is -2.11. The molecule has 0 atom stereocenters. The lowest BCUT2D eigenvalue weighted by molar-refractivity contribution is 0.0600. The number of nitrogens with two attached hydrogens (primary N) is 1. The Morgan fingerprint density at radius 3 is 2.52 bits per heavy atom. The van der Waals surface area contributed by atoms with Crippen molar-refractivity contribution in [2.45, 2.75) is 40.8 Å². The average Bonchev–Trinajstić information content (AvgIpc) is 3.39. The molecule has 0 aliphatic rings. The summed E-state index contributed by atoms with van der Waals surface area (Å²) in [4.78, 5) is 29.6. The van der Waals surface area contributed by atoms with Crippen LogP contribution in [0.25, 0.3) is 11.0 Å². The number of benzene rings is 1. The van der Waals surface area contributed by atoms with Gasteiger partial charge in [0.05, 0.1) is 31.0 Å². The number of ether oxygens (including phenoxy) is 2. The number of nitrogens with one attached hydrogen (secondary N) is 1. The molecule has 10 nitrogen and oxygen atoms in total. The van der Waals surface area contributed by atoms with E-state index in [0.29, 0.717) is 53.6 Å². The number of anilines is 1. The molecule has 3 aromatic rings. The number of esters is 1. The van der Waals surface area contributed by atoms with Gasteiger partial charge >= 0.3 is 5.97 Å². The van der Waals surface area contributed by atoms with Crippen molar-refractivity contribution in [2.24, 2.45) is 5.73 Å². The van der Waals surface area contributed by atoms with Crippen molar-refractivity contribution in [2.75, 3.05) is 26.1 Å². The van der Waals surface area contributed by atoms with Gasteiger partial charge in [0.15, 0.2) is 0 Å². The summed E-state index contributed by atoms with van der Waals surface area (Å²) in [6.45, 7) is 9.07. The van der Waals surface area contributed by atoms with Crippen molar-refractivity contribution in [3.05, 3.63) is 47.3 Å². The fourth-order valence-corrected chi connectivity index (χ4v) is 3.31. The maximum absolute atomic E-state index is 13.0. The number of nitrogens with zero attached hydrogens (tertiary/aromatic N) is 4. The maximum atomic E-state index is 13.0. The first-order chi connectivity index (χ1) is 15.9. The van der Waals surface area contributed by atoms with Gasteiger partial charge in [0.1, 0.15) is 17.0 Å². The quantitative estimate of drug-likeness (QED) is 0.394. The highest BCUT2D eigenvalue weighted by atomic mass is 16.5. The van der Waals surface area contributed by atoms with Crippen LogP contribution < -0.4 is 15.8 Å². The summed E-state index contributed by atoms with van der Waals surface area (Å²) in [6.07, 6.45) is 3.67. The lowest BCUT2D eigenvalue weighted by Crippen LogP contribution is -2.20. The van der Waals surface area contributed by atoms with E-state index in [1.165, 1.54) is 14.2 Å². The molecule has 1 aromatic carbocycles. The van der Waals surface area contributed by atoms with Gasteiger partial charge in [-0.3, -0.25) is 14.8 Å². The van der Waals surface area contributed by atoms with Crippen molar-refractivity contribution >= 4 is 28.9 Å². The van der Waals surface area contributed by atoms with Crippen LogP contribution in [0.2, 0.25) is 0 Å². The zero-order chi connectivity index (χ0) is 24.5. The van der Waals surface area contributed by atoms with Gasteiger partial charge in [-0.2, -0.15) is 5.10 Å². The zero-order valence-electron chi connectivity index (χ0n) is 20.0. The third-order valence-corrected chi connectivity index (χ3v) is 4.70. The van der Waals surface area contributed by atoms with Crippen molar-refractivity contribution in [1.82, 2.24) is 19.3 Å². The molecule has 0 fully saturated rings. The lowest BCUT2D eigenvalue weighted by atomic mass is 10.2. The van der Waals surface area contributed by atoms with E-state index in [-0.39, 0.29) is 5.91 Å². The van der Waals surface area contributed by atoms with Crippen LogP contribution in [0, 0.1) is 6.92 Å². The van der Waals surface area contributed by atoms with Gasteiger partial charge < -0.3 is 19.8 Å². The van der Waals surface area contributed by atoms with Crippen molar-refractivity contribution in [3.8, 4) is 5.75 Å². The second kappa shape index (κ2) is 11.8. The van der Waals surface area contributed by atoms with Gasteiger partial charge in [-0.05, 0) is 32.0 Å². The molecule has 0 saturated heterocycles. The van der Waals surface area contributed by atoms with Crippen LogP contribution >= 0.6 is 0 Å². The predicted octanol–water partition coefficient (Wildman–Crippen LogP) is 3.15. The fourth-order valence-electron chi connectivity index (χ4n) is 3.31. The minimum atomic E-state index is -0.509. The molecule has 0 radical (unpaired) electrons. The minimum absolute atomic E-state index is 0.298. The Morgan fingerprint density at radius 2 is 1.91 bits per heavy atom. The number of methoxy groups -OCH3 is 2. The van der Waals surface area contributed by atoms with Crippen molar-refractivity contribution < 1.29 is 19.1 Å². The molecule has 33 heavy (non-hydrogen) atoms. The fraction of sp³-hybridized carbons (Fsp3) is 0.391. The van der Waals surface area contributed by atoms with Crippen LogP contribution in [-0.2, 0) is 17.8 Å². The van der Waals surface area contributed by atoms with Crippen molar-refractivity contribution in [1.29, 1.82) is 0 Å². The minimum Gasteiger partial charge on any atom is -0.494 e. The largest absolute Gasteiger partial charge is 0.494 e. The Morgan fingerprint density at radius 1 is 1.18 bits per heavy atom. The number of rotatable bonds is 8. The van der Waals surface area contributed by atoms with Gasteiger partial charge in [0.25, 0.3) is 5.91 Å². The SMILES string of the molecule is CC.CCn1nc(C)cc1C(=O)Nc1nc2cc(C(=O)OC)cc(OC)c2n1C/C=C/CN. The molecule has 2 aromatic heterocycles. The highest BCUT2D eigenvalue weighted by Gasteiger charge is 2.21. The van der Waals surface area contributed by atoms with E-state index >= 15 is 0 Å². The Bertz CT molecular complexity index is 1150. The highest BCUT2D eigenvalue weighted by molar-refractivity contribution is 6.04. The van der Waals surface area contributed by atoms with E-state index in [4.69, 9.17) is 15.2 Å². The number of aromatic nitrogens is 4. The number of hydrogen-bond donors (Lipinski definition) is 2. The van der Waals surface area contributed by atoms with E-state index < -0.39 is 5.97 Å². The molecule has 3 rings (SSSR count). The van der Waals surface area contributed by atoms with Gasteiger partial charge in [-0.25, -0.2) is 9.78 Å². The third kappa shape index (κ3) is 5.58. The molecule has 0 spiro atoms. The van der Waals surface area contributed by atoms with Gasteiger partial charge in [-0.1, -0.05) is 26.0 Å². The molecule has 0 bridgehead atoms. The van der Waals surface area contributed by atoms with Crippen LogP contribution in [0.1, 0.15) is 47.3 Å². The number of imidazole rings is 1. The van der Waals surface area contributed by atoms with E-state index in [2.05, 4.69) is 15.4 Å². The van der Waals surface area contributed by atoms with E-state index in [1.54, 1.807) is 27.4 Å². The number of amides is 1. The summed E-state index contributed by atoms with van der Waals surface area (Å²) >= 11 is 0. The first-order valence-electron chi connectivity index (χ1n) is 10.8. The van der Waals surface area contributed by atoms with E-state index in [0.717, 1.165) is 5.69 Å². The molecule has 3 N–H and O–H groups in total. The molecule has 0 aliphatic heterocycles. The summed E-state index contributed by atoms with van der Waals surface area (Å²) in [5.41, 5.74) is 8.15. The standard InChI is InChI=1S/C21H26N6O4.C2H6/c1-5-27-16(10-13(2)25-27)19(28)24-21-23-15-11-14(20(29)31-4)12-17(30-3)18(15)26(21)9-7-6-8-22;1-2/h6-7,10-12H,5,8-9,22H2,1-4H3,(H,23,24,28);1-2H3/b7-6+;. The second-order valence-electron chi connectivity index (χ2n) is 6.73. The Kier molecular flexibility index (Phi) is 9.17. The van der Waals surface area contributed by atoms with Gasteiger partial charge in [-0.15, -0.1) is 0 Å². The molecule has 0 unspecified atom stereocenters. The first-order valence-corrected chi connectivity index (χ1v) is 10.8. The zero-order valence-corrected chi connectivity index (χ0v) is 20.0. The Hall–Kier alpha value is -3.66. The summed E-state index contributed by atoms with van der Waals surface area (Å²) < 4.78 is 13.7. The monoisotopic (exact) mass is 456 g/mol. The van der Waals surface area contributed by atoms with Crippen LogP contribution in [0.15, 0.2) is 30.4 Å². The molecule has 178 valence electrons. The van der Waals surface area contributed by atoms with Crippen LogP contribution in [0.5, 0.6) is 5.75 Å². The summed E-state index contributed by atoms with van der Waals surface area (Å²) in [7, 11) is 2.81. The van der Waals surface area contributed by atoms with Crippen LogP contribution in [-0.4, -0.2) is 52.0 Å². The highest BCUT2D eigenvalue weighted by Crippen LogP contribution is 2.31. The number of hydrogen-bond acceptors (Lipinski definition) is 7. The molecular formula is C23H32N6O4. The molecule has 10 heteroatoms. The van der Waals surface area contributed by atoms with Crippen LogP contribution in [0.3, 0.4) is 0 Å². The predicted molar refractivity (Wildman–Crippen MR) is 128 cm³/mol. The molecule has 0 aliphatic carbocycles. The Balaban J connectivity index is 0.00000187. The number of aryl methyl sites for hydroxylation is 2. The number of carbonyl (C=O) groups is 2. The van der Waals surface area contributed by atoms with Crippen molar-refractivity contribution in [3.63, 3.8) is 0 Å².